The summed E-state index contributed by atoms with van der Waals surface area (Å²) in [7, 11) is 1.08. The summed E-state index contributed by atoms with van der Waals surface area (Å²) in [4.78, 5) is 11.1. The number of halogens is 3. The van der Waals surface area contributed by atoms with Gasteiger partial charge in [0.1, 0.15) is 0 Å². The van der Waals surface area contributed by atoms with Crippen molar-refractivity contribution in [2.75, 3.05) is 7.11 Å². The Morgan fingerprint density at radius 3 is 2.41 bits per heavy atom. The van der Waals surface area contributed by atoms with Gasteiger partial charge in [-0.3, -0.25) is 0 Å². The number of aliphatic hydroxyl groups excluding tert-OH is 1. The van der Waals surface area contributed by atoms with Crippen LogP contribution in [0.1, 0.15) is 34.5 Å². The lowest BCUT2D eigenvalue weighted by molar-refractivity contribution is -0.139. The van der Waals surface area contributed by atoms with Gasteiger partial charge in [0.15, 0.2) is 0 Å². The predicted molar refractivity (Wildman–Crippen MR) is 53.4 cm³/mol. The van der Waals surface area contributed by atoms with Gasteiger partial charge in [0.25, 0.3) is 0 Å². The van der Waals surface area contributed by atoms with E-state index in [1.165, 1.54) is 13.0 Å². The first-order chi connectivity index (χ1) is 7.77. The van der Waals surface area contributed by atoms with Crippen LogP contribution >= 0.6 is 0 Å². The molecule has 1 aromatic rings. The molecule has 0 heterocycles. The molecule has 1 N–H and O–H groups in total. The van der Waals surface area contributed by atoms with Gasteiger partial charge in [-0.05, 0) is 24.6 Å². The normalized spacial score (nSPS) is 13.3. The number of benzene rings is 1. The molecule has 0 aromatic heterocycles. The SMILES string of the molecule is COC(=O)c1ccc(C(C)O)c(C(F)(F)F)c1. The van der Waals surface area contributed by atoms with E-state index < -0.39 is 23.8 Å². The van der Waals surface area contributed by atoms with Crippen molar-refractivity contribution in [1.29, 1.82) is 0 Å². The fourth-order valence-corrected chi connectivity index (χ4v) is 1.41. The number of carbonyl (C=O) groups is 1. The lowest BCUT2D eigenvalue weighted by Crippen LogP contribution is -2.13. The zero-order chi connectivity index (χ0) is 13.2. The van der Waals surface area contributed by atoms with Gasteiger partial charge in [0.2, 0.25) is 0 Å². The standard InChI is InChI=1S/C11H11F3O3/c1-6(15)8-4-3-7(10(16)17-2)5-9(8)11(12,13)14/h3-6,15H,1-2H3. The topological polar surface area (TPSA) is 46.5 Å². The van der Waals surface area contributed by atoms with Crippen LogP contribution in [0.5, 0.6) is 0 Å². The van der Waals surface area contributed by atoms with Gasteiger partial charge in [0, 0.05) is 0 Å². The number of alkyl halides is 3. The number of carbonyl (C=O) groups excluding carboxylic acids is 1. The molecular weight excluding hydrogens is 237 g/mol. The number of esters is 1. The van der Waals surface area contributed by atoms with Gasteiger partial charge >= 0.3 is 12.1 Å². The minimum Gasteiger partial charge on any atom is -0.465 e. The molecule has 17 heavy (non-hydrogen) atoms. The Morgan fingerprint density at radius 2 is 2.00 bits per heavy atom. The van der Waals surface area contributed by atoms with Crippen LogP contribution in [-0.2, 0) is 10.9 Å². The minimum absolute atomic E-state index is 0.204. The van der Waals surface area contributed by atoms with Crippen LogP contribution < -0.4 is 0 Å². The largest absolute Gasteiger partial charge is 0.465 e. The molecule has 0 aliphatic carbocycles. The van der Waals surface area contributed by atoms with Crippen molar-refractivity contribution < 1.29 is 27.8 Å². The second-order valence-electron chi connectivity index (χ2n) is 3.47. The van der Waals surface area contributed by atoms with Gasteiger partial charge < -0.3 is 9.84 Å². The van der Waals surface area contributed by atoms with E-state index in [9.17, 15) is 23.1 Å². The van der Waals surface area contributed by atoms with Crippen molar-refractivity contribution in [3.05, 3.63) is 34.9 Å². The first-order valence-corrected chi connectivity index (χ1v) is 4.75. The van der Waals surface area contributed by atoms with Gasteiger partial charge in [-0.15, -0.1) is 0 Å². The van der Waals surface area contributed by atoms with Gasteiger partial charge in [0.05, 0.1) is 24.3 Å². The molecule has 0 amide bonds. The maximum Gasteiger partial charge on any atom is 0.416 e. The van der Waals surface area contributed by atoms with Crippen LogP contribution in [0.15, 0.2) is 18.2 Å². The molecule has 0 saturated carbocycles. The van der Waals surface area contributed by atoms with Crippen LogP contribution in [0.2, 0.25) is 0 Å². The van der Waals surface area contributed by atoms with E-state index in [1.807, 2.05) is 0 Å². The number of rotatable bonds is 2. The van der Waals surface area contributed by atoms with E-state index in [1.54, 1.807) is 0 Å². The Hall–Kier alpha value is -1.56. The Labute approximate surface area is 95.8 Å². The summed E-state index contributed by atoms with van der Waals surface area (Å²) in [6, 6.07) is 2.93. The molecule has 0 fully saturated rings. The molecule has 0 radical (unpaired) electrons. The Bertz CT molecular complexity index is 424. The van der Waals surface area contributed by atoms with Crippen LogP contribution in [0.25, 0.3) is 0 Å². The highest BCUT2D eigenvalue weighted by Gasteiger charge is 2.35. The maximum absolute atomic E-state index is 12.7. The highest BCUT2D eigenvalue weighted by atomic mass is 19.4. The summed E-state index contributed by atoms with van der Waals surface area (Å²) in [6.45, 7) is 1.22. The monoisotopic (exact) mass is 248 g/mol. The van der Waals surface area contributed by atoms with Gasteiger partial charge in [-0.25, -0.2) is 4.79 Å². The number of ether oxygens (including phenoxy) is 1. The predicted octanol–water partition coefficient (Wildman–Crippen LogP) is 2.55. The van der Waals surface area contributed by atoms with Crippen molar-refractivity contribution in [2.45, 2.75) is 19.2 Å². The lowest BCUT2D eigenvalue weighted by Gasteiger charge is -2.15. The minimum atomic E-state index is -4.63. The lowest BCUT2D eigenvalue weighted by atomic mass is 10.00. The van der Waals surface area contributed by atoms with Crippen LogP contribution in [0.4, 0.5) is 13.2 Å². The highest BCUT2D eigenvalue weighted by Crippen LogP contribution is 2.35. The molecule has 3 nitrogen and oxygen atoms in total. The average Bonchev–Trinajstić information content (AvgIpc) is 2.25. The van der Waals surface area contributed by atoms with Crippen LogP contribution in [-0.4, -0.2) is 18.2 Å². The molecule has 94 valence electrons. The summed E-state index contributed by atoms with van der Waals surface area (Å²) in [6.07, 6.45) is -5.89. The Morgan fingerprint density at radius 1 is 1.41 bits per heavy atom. The quantitative estimate of drug-likeness (QED) is 0.818. The molecule has 6 heteroatoms. The maximum atomic E-state index is 12.7. The van der Waals surface area contributed by atoms with Crippen molar-refractivity contribution in [1.82, 2.24) is 0 Å². The van der Waals surface area contributed by atoms with Crippen molar-refractivity contribution in [2.24, 2.45) is 0 Å². The van der Waals surface area contributed by atoms with Gasteiger partial charge in [-0.2, -0.15) is 13.2 Å². The van der Waals surface area contributed by atoms with E-state index in [0.29, 0.717) is 6.07 Å². The summed E-state index contributed by atoms with van der Waals surface area (Å²) in [5.41, 5.74) is -1.51. The average molecular weight is 248 g/mol. The molecule has 0 spiro atoms. The van der Waals surface area contributed by atoms with Gasteiger partial charge in [-0.1, -0.05) is 6.07 Å². The first kappa shape index (κ1) is 13.5. The van der Waals surface area contributed by atoms with E-state index in [4.69, 9.17) is 0 Å². The number of hydrogen-bond donors (Lipinski definition) is 1. The molecule has 1 rings (SSSR count). The molecule has 0 saturated heterocycles. The third-order valence-electron chi connectivity index (χ3n) is 2.23. The van der Waals surface area contributed by atoms with Crippen molar-refractivity contribution in [3.8, 4) is 0 Å². The first-order valence-electron chi connectivity index (χ1n) is 4.75. The Kier molecular flexibility index (Phi) is 3.77. The molecule has 1 unspecified atom stereocenters. The molecule has 0 bridgehead atoms. The molecule has 0 aliphatic heterocycles. The second kappa shape index (κ2) is 4.75. The summed E-state index contributed by atoms with van der Waals surface area (Å²) in [5.74, 6) is -0.854. The Balaban J connectivity index is 3.35. The van der Waals surface area contributed by atoms with E-state index in [-0.39, 0.29) is 11.1 Å². The summed E-state index contributed by atoms with van der Waals surface area (Å²) < 4.78 is 42.4. The van der Waals surface area contributed by atoms with E-state index in [2.05, 4.69) is 4.74 Å². The number of hydrogen-bond acceptors (Lipinski definition) is 3. The van der Waals surface area contributed by atoms with Crippen LogP contribution in [0, 0.1) is 0 Å². The van der Waals surface area contributed by atoms with Crippen LogP contribution in [0.3, 0.4) is 0 Å². The fraction of sp³-hybridized carbons (Fsp3) is 0.364. The highest BCUT2D eigenvalue weighted by molar-refractivity contribution is 5.89. The summed E-state index contributed by atoms with van der Waals surface area (Å²) in [5, 5.41) is 9.24. The smallest absolute Gasteiger partial charge is 0.416 e. The molecule has 1 aromatic carbocycles. The zero-order valence-electron chi connectivity index (χ0n) is 9.21. The van der Waals surface area contributed by atoms with Crippen molar-refractivity contribution in [3.63, 3.8) is 0 Å². The number of methoxy groups -OCH3 is 1. The fourth-order valence-electron chi connectivity index (χ4n) is 1.41. The third kappa shape index (κ3) is 2.97. The molecule has 1 atom stereocenters. The molecule has 0 aliphatic rings. The number of aliphatic hydroxyl groups is 1. The van der Waals surface area contributed by atoms with Crippen molar-refractivity contribution >= 4 is 5.97 Å². The second-order valence-corrected chi connectivity index (χ2v) is 3.47. The molecular formula is C11H11F3O3. The van der Waals surface area contributed by atoms with E-state index >= 15 is 0 Å². The third-order valence-corrected chi connectivity index (χ3v) is 2.23. The van der Waals surface area contributed by atoms with E-state index in [0.717, 1.165) is 13.2 Å². The summed E-state index contributed by atoms with van der Waals surface area (Å²) >= 11 is 0. The zero-order valence-corrected chi connectivity index (χ0v) is 9.21.